The zero-order chi connectivity index (χ0) is 15.1. The molecular formula is C17H26N2O2. The molecule has 0 spiro atoms. The maximum Gasteiger partial charge on any atom is 0.224 e. The van der Waals surface area contributed by atoms with Crippen LogP contribution in [0.25, 0.3) is 0 Å². The highest BCUT2D eigenvalue weighted by atomic mass is 16.5. The lowest BCUT2D eigenvalue weighted by Crippen LogP contribution is -2.34. The monoisotopic (exact) mass is 290 g/mol. The predicted octanol–water partition coefficient (Wildman–Crippen LogP) is 3.19. The molecule has 1 amide bonds. The van der Waals surface area contributed by atoms with E-state index < -0.39 is 0 Å². The summed E-state index contributed by atoms with van der Waals surface area (Å²) >= 11 is 0. The second-order valence-corrected chi connectivity index (χ2v) is 6.07. The Hall–Kier alpha value is -1.55. The van der Waals surface area contributed by atoms with Crippen molar-refractivity contribution in [3.63, 3.8) is 0 Å². The van der Waals surface area contributed by atoms with Gasteiger partial charge in [0.1, 0.15) is 11.9 Å². The molecule has 2 N–H and O–H groups in total. The molecule has 4 nitrogen and oxygen atoms in total. The Morgan fingerprint density at radius 3 is 2.57 bits per heavy atom. The lowest BCUT2D eigenvalue weighted by Gasteiger charge is -2.23. The van der Waals surface area contributed by atoms with Gasteiger partial charge in [0.15, 0.2) is 0 Å². The molecule has 1 heterocycles. The quantitative estimate of drug-likeness (QED) is 0.846. The number of nitrogens with one attached hydrogen (secondary N) is 2. The molecule has 0 saturated carbocycles. The molecule has 1 aromatic rings. The summed E-state index contributed by atoms with van der Waals surface area (Å²) in [4.78, 5) is 11.8. The lowest BCUT2D eigenvalue weighted by molar-refractivity contribution is -0.116. The number of anilines is 1. The molecular weight excluding hydrogens is 264 g/mol. The first-order valence-electron chi connectivity index (χ1n) is 7.91. The Kier molecular flexibility index (Phi) is 6.05. The van der Waals surface area contributed by atoms with E-state index in [1.165, 1.54) is 0 Å². The maximum absolute atomic E-state index is 11.8. The first-order valence-corrected chi connectivity index (χ1v) is 7.91. The van der Waals surface area contributed by atoms with Crippen molar-refractivity contribution in [1.82, 2.24) is 5.32 Å². The molecule has 1 fully saturated rings. The van der Waals surface area contributed by atoms with Crippen LogP contribution in [0.5, 0.6) is 5.75 Å². The summed E-state index contributed by atoms with van der Waals surface area (Å²) in [6, 6.07) is 7.67. The summed E-state index contributed by atoms with van der Waals surface area (Å²) in [5.41, 5.74) is 0.835. The van der Waals surface area contributed by atoms with Crippen molar-refractivity contribution in [1.29, 1.82) is 0 Å². The fraction of sp³-hybridized carbons (Fsp3) is 0.588. The second kappa shape index (κ2) is 8.03. The van der Waals surface area contributed by atoms with E-state index in [0.717, 1.165) is 43.8 Å². The van der Waals surface area contributed by atoms with E-state index in [0.29, 0.717) is 18.4 Å². The van der Waals surface area contributed by atoms with Gasteiger partial charge in [-0.25, -0.2) is 0 Å². The summed E-state index contributed by atoms with van der Waals surface area (Å²) in [5, 5.41) is 6.25. The number of hydrogen-bond acceptors (Lipinski definition) is 3. The molecule has 116 valence electrons. The Labute approximate surface area is 127 Å². The van der Waals surface area contributed by atoms with E-state index >= 15 is 0 Å². The molecule has 1 saturated heterocycles. The predicted molar refractivity (Wildman–Crippen MR) is 85.7 cm³/mol. The first-order chi connectivity index (χ1) is 10.1. The molecule has 0 aliphatic carbocycles. The van der Waals surface area contributed by atoms with Gasteiger partial charge >= 0.3 is 0 Å². The number of hydrogen-bond donors (Lipinski definition) is 2. The number of rotatable bonds is 6. The first kappa shape index (κ1) is 15.8. The van der Waals surface area contributed by atoms with Crippen LogP contribution in [0.3, 0.4) is 0 Å². The number of piperidine rings is 1. The third-order valence-electron chi connectivity index (χ3n) is 3.68. The van der Waals surface area contributed by atoms with Gasteiger partial charge in [0.2, 0.25) is 5.91 Å². The van der Waals surface area contributed by atoms with Crippen molar-refractivity contribution in [2.45, 2.75) is 45.6 Å². The van der Waals surface area contributed by atoms with E-state index in [-0.39, 0.29) is 5.91 Å². The number of ether oxygens (including phenoxy) is 1. The molecule has 0 unspecified atom stereocenters. The molecule has 0 radical (unpaired) electrons. The molecule has 4 heteroatoms. The normalized spacial score (nSPS) is 16.0. The van der Waals surface area contributed by atoms with Gasteiger partial charge < -0.3 is 15.4 Å². The Morgan fingerprint density at radius 2 is 1.95 bits per heavy atom. The maximum atomic E-state index is 11.8. The summed E-state index contributed by atoms with van der Waals surface area (Å²) in [5.74, 6) is 1.51. The van der Waals surface area contributed by atoms with Gasteiger partial charge in [0, 0.05) is 12.1 Å². The summed E-state index contributed by atoms with van der Waals surface area (Å²) in [6.07, 6.45) is 3.90. The van der Waals surface area contributed by atoms with Crippen molar-refractivity contribution >= 4 is 11.6 Å². The summed E-state index contributed by atoms with van der Waals surface area (Å²) < 4.78 is 5.94. The molecule has 0 aromatic heterocycles. The lowest BCUT2D eigenvalue weighted by atomic mass is 10.1. The average Bonchev–Trinajstić information content (AvgIpc) is 2.48. The Bertz CT molecular complexity index is 437. The van der Waals surface area contributed by atoms with Crippen LogP contribution in [-0.2, 0) is 4.79 Å². The molecule has 0 bridgehead atoms. The summed E-state index contributed by atoms with van der Waals surface area (Å²) in [7, 11) is 0. The minimum atomic E-state index is 0.0794. The highest BCUT2D eigenvalue weighted by Crippen LogP contribution is 2.19. The minimum absolute atomic E-state index is 0.0794. The zero-order valence-electron chi connectivity index (χ0n) is 13.0. The average molecular weight is 290 g/mol. The minimum Gasteiger partial charge on any atom is -0.490 e. The van der Waals surface area contributed by atoms with Crippen LogP contribution in [0, 0.1) is 5.92 Å². The van der Waals surface area contributed by atoms with Gasteiger partial charge in [0.25, 0.3) is 0 Å². The van der Waals surface area contributed by atoms with E-state index in [4.69, 9.17) is 4.74 Å². The Morgan fingerprint density at radius 1 is 1.29 bits per heavy atom. The number of carbonyl (C=O) groups is 1. The highest BCUT2D eigenvalue weighted by Gasteiger charge is 2.14. The molecule has 1 aliphatic rings. The van der Waals surface area contributed by atoms with E-state index in [1.54, 1.807) is 0 Å². The van der Waals surface area contributed by atoms with Gasteiger partial charge in [-0.15, -0.1) is 0 Å². The van der Waals surface area contributed by atoms with Crippen LogP contribution in [0.15, 0.2) is 24.3 Å². The molecule has 2 rings (SSSR count). The zero-order valence-corrected chi connectivity index (χ0v) is 13.0. The third-order valence-corrected chi connectivity index (χ3v) is 3.68. The Balaban J connectivity index is 1.79. The number of benzene rings is 1. The fourth-order valence-electron chi connectivity index (χ4n) is 2.37. The fourth-order valence-corrected chi connectivity index (χ4v) is 2.37. The van der Waals surface area contributed by atoms with Crippen molar-refractivity contribution in [3.8, 4) is 5.75 Å². The van der Waals surface area contributed by atoms with Gasteiger partial charge in [-0.3, -0.25) is 4.79 Å². The van der Waals surface area contributed by atoms with Crippen molar-refractivity contribution in [2.75, 3.05) is 18.4 Å². The van der Waals surface area contributed by atoms with Crippen LogP contribution in [0.2, 0.25) is 0 Å². The largest absolute Gasteiger partial charge is 0.490 e. The smallest absolute Gasteiger partial charge is 0.224 e. The van der Waals surface area contributed by atoms with Crippen LogP contribution >= 0.6 is 0 Å². The van der Waals surface area contributed by atoms with E-state index in [9.17, 15) is 4.79 Å². The molecule has 1 aliphatic heterocycles. The van der Waals surface area contributed by atoms with E-state index in [2.05, 4.69) is 24.5 Å². The van der Waals surface area contributed by atoms with Crippen molar-refractivity contribution < 1.29 is 9.53 Å². The van der Waals surface area contributed by atoms with Crippen molar-refractivity contribution in [3.05, 3.63) is 24.3 Å². The molecule has 1 aromatic carbocycles. The van der Waals surface area contributed by atoms with Gasteiger partial charge in [0.05, 0.1) is 0 Å². The van der Waals surface area contributed by atoms with Gasteiger partial charge in [-0.2, -0.15) is 0 Å². The standard InChI is InChI=1S/C17H26N2O2/c1-13(2)3-8-17(20)19-14-4-6-15(7-5-14)21-16-9-11-18-12-10-16/h4-7,13,16,18H,3,8-12H2,1-2H3,(H,19,20). The van der Waals surface area contributed by atoms with Crippen LogP contribution in [0.1, 0.15) is 39.5 Å². The number of carbonyl (C=O) groups excluding carboxylic acids is 1. The van der Waals surface area contributed by atoms with Crippen molar-refractivity contribution in [2.24, 2.45) is 5.92 Å². The second-order valence-electron chi connectivity index (χ2n) is 6.07. The summed E-state index contributed by atoms with van der Waals surface area (Å²) in [6.45, 7) is 6.30. The van der Waals surface area contributed by atoms with Gasteiger partial charge in [-0.1, -0.05) is 13.8 Å². The molecule has 0 atom stereocenters. The van der Waals surface area contributed by atoms with Crippen LogP contribution < -0.4 is 15.4 Å². The van der Waals surface area contributed by atoms with Gasteiger partial charge in [-0.05, 0) is 62.5 Å². The SMILES string of the molecule is CC(C)CCC(=O)Nc1ccc(OC2CCNCC2)cc1. The van der Waals surface area contributed by atoms with Crippen LogP contribution in [-0.4, -0.2) is 25.1 Å². The van der Waals surface area contributed by atoms with Crippen LogP contribution in [0.4, 0.5) is 5.69 Å². The number of amides is 1. The molecule has 21 heavy (non-hydrogen) atoms. The van der Waals surface area contributed by atoms with E-state index in [1.807, 2.05) is 24.3 Å². The topological polar surface area (TPSA) is 50.4 Å². The third kappa shape index (κ3) is 5.76. The highest BCUT2D eigenvalue weighted by molar-refractivity contribution is 5.90.